The molecule has 0 aliphatic carbocycles. The molecule has 2 rings (SSSR count). The first kappa shape index (κ1) is 14.9. The molecule has 110 valence electrons. The molecule has 1 aromatic heterocycles. The second kappa shape index (κ2) is 5.88. The highest BCUT2D eigenvalue weighted by Gasteiger charge is 2.23. The normalized spacial score (nSPS) is 12.0. The van der Waals surface area contributed by atoms with Crippen LogP contribution < -0.4 is 11.1 Å². The number of thiophene rings is 1. The third-order valence-corrected chi connectivity index (χ3v) is 3.83. The van der Waals surface area contributed by atoms with Crippen molar-refractivity contribution in [1.29, 1.82) is 0 Å². The van der Waals surface area contributed by atoms with E-state index in [9.17, 15) is 18.8 Å². The van der Waals surface area contributed by atoms with Crippen molar-refractivity contribution in [2.75, 3.05) is 0 Å². The Morgan fingerprint density at radius 3 is 2.67 bits per heavy atom. The largest absolute Gasteiger partial charge is 0.480 e. The molecule has 21 heavy (non-hydrogen) atoms. The van der Waals surface area contributed by atoms with Crippen LogP contribution in [0.4, 0.5) is 4.39 Å². The van der Waals surface area contributed by atoms with Gasteiger partial charge in [-0.15, -0.1) is 11.3 Å². The molecule has 0 aliphatic rings. The van der Waals surface area contributed by atoms with Gasteiger partial charge >= 0.3 is 5.97 Å². The molecule has 6 nitrogen and oxygen atoms in total. The number of hydrogen-bond donors (Lipinski definition) is 3. The second-order valence-corrected chi connectivity index (χ2v) is 5.41. The lowest BCUT2D eigenvalue weighted by Gasteiger charge is -2.11. The summed E-state index contributed by atoms with van der Waals surface area (Å²) in [5.41, 5.74) is 4.93. The average molecular weight is 310 g/mol. The standard InChI is InChI=1S/C13H11FN2O4S/c14-7-1-2-9-6(3-7)4-10(21-9)12(18)16-8(13(19)20)5-11(15)17/h1-4,8H,5H2,(H2,15,17)(H,16,18)(H,19,20)/t8-/m1/s1. The summed E-state index contributed by atoms with van der Waals surface area (Å²) in [6.07, 6.45) is -0.499. The fraction of sp³-hybridized carbons (Fsp3) is 0.154. The van der Waals surface area contributed by atoms with Gasteiger partial charge in [0.1, 0.15) is 11.9 Å². The maximum Gasteiger partial charge on any atom is 0.326 e. The van der Waals surface area contributed by atoms with Crippen LogP contribution in [0.15, 0.2) is 24.3 Å². The molecular weight excluding hydrogens is 299 g/mol. The maximum absolute atomic E-state index is 13.1. The lowest BCUT2D eigenvalue weighted by atomic mass is 10.2. The fourth-order valence-electron chi connectivity index (χ4n) is 1.76. The van der Waals surface area contributed by atoms with Crippen LogP contribution in [0.2, 0.25) is 0 Å². The van der Waals surface area contributed by atoms with Crippen molar-refractivity contribution in [2.45, 2.75) is 12.5 Å². The molecule has 0 unspecified atom stereocenters. The molecule has 0 bridgehead atoms. The summed E-state index contributed by atoms with van der Waals surface area (Å²) >= 11 is 1.10. The van der Waals surface area contributed by atoms with Gasteiger partial charge in [-0.3, -0.25) is 9.59 Å². The molecule has 0 aliphatic heterocycles. The summed E-state index contributed by atoms with van der Waals surface area (Å²) in [4.78, 5) is 33.9. The van der Waals surface area contributed by atoms with Gasteiger partial charge in [-0.25, -0.2) is 9.18 Å². The van der Waals surface area contributed by atoms with E-state index in [-0.39, 0.29) is 4.88 Å². The number of nitrogens with two attached hydrogens (primary N) is 1. The zero-order valence-electron chi connectivity index (χ0n) is 10.6. The van der Waals surface area contributed by atoms with Crippen molar-refractivity contribution in [3.63, 3.8) is 0 Å². The highest BCUT2D eigenvalue weighted by molar-refractivity contribution is 7.20. The van der Waals surface area contributed by atoms with E-state index in [0.717, 1.165) is 11.3 Å². The maximum atomic E-state index is 13.1. The van der Waals surface area contributed by atoms with Crippen LogP contribution >= 0.6 is 11.3 Å². The predicted octanol–water partition coefficient (Wildman–Crippen LogP) is 1.10. The van der Waals surface area contributed by atoms with Gasteiger partial charge in [0.2, 0.25) is 5.91 Å². The number of nitrogens with one attached hydrogen (secondary N) is 1. The fourth-order valence-corrected chi connectivity index (χ4v) is 2.70. The van der Waals surface area contributed by atoms with Gasteiger partial charge in [-0.2, -0.15) is 0 Å². The second-order valence-electron chi connectivity index (χ2n) is 4.33. The van der Waals surface area contributed by atoms with Crippen molar-refractivity contribution >= 4 is 39.2 Å². The Labute approximate surface area is 122 Å². The van der Waals surface area contributed by atoms with Crippen LogP contribution in [0.25, 0.3) is 10.1 Å². The van der Waals surface area contributed by atoms with Gasteiger partial charge in [0, 0.05) is 4.70 Å². The molecule has 1 atom stereocenters. The zero-order valence-corrected chi connectivity index (χ0v) is 11.4. The van der Waals surface area contributed by atoms with E-state index >= 15 is 0 Å². The summed E-state index contributed by atoms with van der Waals surface area (Å²) in [7, 11) is 0. The number of aliphatic carboxylic acids is 1. The van der Waals surface area contributed by atoms with Gasteiger partial charge in [0.25, 0.3) is 5.91 Å². The first-order chi connectivity index (χ1) is 9.86. The summed E-state index contributed by atoms with van der Waals surface area (Å²) in [6, 6.07) is 4.15. The number of primary amides is 1. The summed E-state index contributed by atoms with van der Waals surface area (Å²) in [5, 5.41) is 11.7. The highest BCUT2D eigenvalue weighted by Crippen LogP contribution is 2.26. The van der Waals surface area contributed by atoms with Crippen molar-refractivity contribution < 1.29 is 23.9 Å². The number of hydrogen-bond acceptors (Lipinski definition) is 4. The number of carbonyl (C=O) groups is 3. The minimum atomic E-state index is -1.39. The van der Waals surface area contributed by atoms with Gasteiger partial charge in [0.05, 0.1) is 11.3 Å². The van der Waals surface area contributed by atoms with E-state index in [1.807, 2.05) is 0 Å². The van der Waals surface area contributed by atoms with Crippen LogP contribution in [-0.2, 0) is 9.59 Å². The van der Waals surface area contributed by atoms with E-state index in [1.54, 1.807) is 0 Å². The predicted molar refractivity (Wildman–Crippen MR) is 74.5 cm³/mol. The van der Waals surface area contributed by atoms with Gasteiger partial charge < -0.3 is 16.2 Å². The van der Waals surface area contributed by atoms with Gasteiger partial charge in [0.15, 0.2) is 0 Å². The molecule has 0 spiro atoms. The summed E-state index contributed by atoms with van der Waals surface area (Å²) in [6.45, 7) is 0. The van der Waals surface area contributed by atoms with Crippen LogP contribution in [0.5, 0.6) is 0 Å². The van der Waals surface area contributed by atoms with E-state index < -0.39 is 36.1 Å². The van der Waals surface area contributed by atoms with E-state index in [1.165, 1.54) is 24.3 Å². The summed E-state index contributed by atoms with van der Waals surface area (Å²) in [5.74, 6) is -3.26. The Morgan fingerprint density at radius 1 is 1.33 bits per heavy atom. The molecule has 0 saturated carbocycles. The Hall–Kier alpha value is -2.48. The Kier molecular flexibility index (Phi) is 4.18. The van der Waals surface area contributed by atoms with Crippen LogP contribution in [-0.4, -0.2) is 28.9 Å². The minimum absolute atomic E-state index is 0.228. The highest BCUT2D eigenvalue weighted by atomic mass is 32.1. The lowest BCUT2D eigenvalue weighted by molar-refractivity contribution is -0.140. The van der Waals surface area contributed by atoms with E-state index in [2.05, 4.69) is 5.32 Å². The molecule has 2 amide bonds. The van der Waals surface area contributed by atoms with E-state index in [4.69, 9.17) is 10.8 Å². The van der Waals surface area contributed by atoms with Crippen molar-refractivity contribution in [1.82, 2.24) is 5.32 Å². The zero-order chi connectivity index (χ0) is 15.6. The molecular formula is C13H11FN2O4S. The monoisotopic (exact) mass is 310 g/mol. The SMILES string of the molecule is NC(=O)C[C@@H](NC(=O)c1cc2cc(F)ccc2s1)C(=O)O. The Balaban J connectivity index is 2.20. The van der Waals surface area contributed by atoms with E-state index in [0.29, 0.717) is 10.1 Å². The molecule has 0 radical (unpaired) electrons. The van der Waals surface area contributed by atoms with Crippen molar-refractivity contribution in [3.8, 4) is 0 Å². The molecule has 2 aromatic rings. The Morgan fingerprint density at radius 2 is 2.05 bits per heavy atom. The quantitative estimate of drug-likeness (QED) is 0.768. The number of halogens is 1. The third kappa shape index (κ3) is 3.54. The topological polar surface area (TPSA) is 109 Å². The molecule has 1 aromatic carbocycles. The first-order valence-electron chi connectivity index (χ1n) is 5.88. The van der Waals surface area contributed by atoms with Crippen LogP contribution in [0, 0.1) is 5.82 Å². The molecule has 8 heteroatoms. The molecule has 0 saturated heterocycles. The molecule has 0 fully saturated rings. The number of rotatable bonds is 5. The third-order valence-electron chi connectivity index (χ3n) is 2.71. The number of carbonyl (C=O) groups excluding carboxylic acids is 2. The Bertz CT molecular complexity index is 728. The number of carboxylic acids is 1. The number of carboxylic acid groups (broad SMARTS) is 1. The number of amides is 2. The van der Waals surface area contributed by atoms with Crippen LogP contribution in [0.1, 0.15) is 16.1 Å². The molecule has 1 heterocycles. The minimum Gasteiger partial charge on any atom is -0.480 e. The first-order valence-corrected chi connectivity index (χ1v) is 6.69. The lowest BCUT2D eigenvalue weighted by Crippen LogP contribution is -2.43. The van der Waals surface area contributed by atoms with Crippen molar-refractivity contribution in [2.24, 2.45) is 5.73 Å². The van der Waals surface area contributed by atoms with Crippen molar-refractivity contribution in [3.05, 3.63) is 35.0 Å². The average Bonchev–Trinajstić information content (AvgIpc) is 2.80. The van der Waals surface area contributed by atoms with Gasteiger partial charge in [-0.05, 0) is 29.7 Å². The summed E-state index contributed by atoms with van der Waals surface area (Å²) < 4.78 is 13.8. The number of fused-ring (bicyclic) bond motifs is 1. The van der Waals surface area contributed by atoms with Crippen LogP contribution in [0.3, 0.4) is 0 Å². The van der Waals surface area contributed by atoms with Gasteiger partial charge in [-0.1, -0.05) is 0 Å². The number of benzene rings is 1. The molecule has 4 N–H and O–H groups in total. The smallest absolute Gasteiger partial charge is 0.326 e.